The first-order chi connectivity index (χ1) is 15.9. The molecule has 2 heterocycles. The number of hydrogen-bond donors (Lipinski definition) is 3. The van der Waals surface area contributed by atoms with Gasteiger partial charge in [0.2, 0.25) is 5.91 Å². The molecule has 33 heavy (non-hydrogen) atoms. The summed E-state index contributed by atoms with van der Waals surface area (Å²) in [5.74, 6) is 0.517. The summed E-state index contributed by atoms with van der Waals surface area (Å²) in [4.78, 5) is 27.4. The Morgan fingerprint density at radius 1 is 1.12 bits per heavy atom. The molecule has 2 aromatic carbocycles. The average Bonchev–Trinajstić information content (AvgIpc) is 3.41. The van der Waals surface area contributed by atoms with Gasteiger partial charge in [0.15, 0.2) is 11.0 Å². The van der Waals surface area contributed by atoms with Crippen molar-refractivity contribution in [3.8, 4) is 17.1 Å². The second-order valence-corrected chi connectivity index (χ2v) is 9.19. The molecular formula is C23H23ClN6O2S. The van der Waals surface area contributed by atoms with Crippen LogP contribution in [0.25, 0.3) is 28.0 Å². The molecule has 0 bridgehead atoms. The lowest BCUT2D eigenvalue weighted by molar-refractivity contribution is -0.117. The van der Waals surface area contributed by atoms with Gasteiger partial charge < -0.3 is 10.3 Å². The molecule has 0 spiro atoms. The fraction of sp³-hybridized carbons (Fsp3) is 0.217. The van der Waals surface area contributed by atoms with Crippen LogP contribution >= 0.6 is 23.4 Å². The molecule has 0 unspecified atom stereocenters. The number of benzene rings is 2. The van der Waals surface area contributed by atoms with Gasteiger partial charge in [-0.2, -0.15) is 0 Å². The number of nitrogens with zero attached hydrogens (tertiary/aromatic N) is 3. The number of fused-ring (bicyclic) bond motifs is 1. The lowest BCUT2D eigenvalue weighted by atomic mass is 10.1. The Bertz CT molecular complexity index is 1280. The second-order valence-electron chi connectivity index (χ2n) is 7.81. The number of aromatic nitrogens is 4. The zero-order valence-corrected chi connectivity index (χ0v) is 19.7. The molecule has 0 radical (unpaired) electrons. The highest BCUT2D eigenvalue weighted by Crippen LogP contribution is 2.32. The van der Waals surface area contributed by atoms with Crippen LogP contribution in [-0.2, 0) is 4.79 Å². The van der Waals surface area contributed by atoms with Gasteiger partial charge in [-0.25, -0.2) is 4.79 Å². The van der Waals surface area contributed by atoms with Crippen LogP contribution in [0.2, 0.25) is 5.02 Å². The molecule has 0 fully saturated rings. The molecule has 170 valence electrons. The van der Waals surface area contributed by atoms with Gasteiger partial charge in [0, 0.05) is 39.9 Å². The number of aromatic amines is 1. The highest BCUT2D eigenvalue weighted by molar-refractivity contribution is 7.99. The number of urea groups is 1. The first-order valence-corrected chi connectivity index (χ1v) is 11.8. The Hall–Kier alpha value is -3.30. The number of nitrogens with one attached hydrogen (secondary N) is 3. The van der Waals surface area contributed by atoms with Gasteiger partial charge in [-0.3, -0.25) is 14.7 Å². The van der Waals surface area contributed by atoms with Gasteiger partial charge in [-0.1, -0.05) is 55.4 Å². The fourth-order valence-electron chi connectivity index (χ4n) is 3.25. The quantitative estimate of drug-likeness (QED) is 0.333. The van der Waals surface area contributed by atoms with Gasteiger partial charge >= 0.3 is 6.03 Å². The Labute approximate surface area is 200 Å². The molecule has 0 aliphatic carbocycles. The van der Waals surface area contributed by atoms with Crippen molar-refractivity contribution < 1.29 is 9.59 Å². The molecule has 0 aliphatic heterocycles. The fourth-order valence-corrected chi connectivity index (χ4v) is 4.13. The zero-order valence-electron chi connectivity index (χ0n) is 18.1. The van der Waals surface area contributed by atoms with E-state index in [1.807, 2.05) is 61.0 Å². The molecule has 10 heteroatoms. The first-order valence-electron chi connectivity index (χ1n) is 10.4. The van der Waals surface area contributed by atoms with Crippen LogP contribution < -0.4 is 10.6 Å². The van der Waals surface area contributed by atoms with Crippen molar-refractivity contribution in [2.45, 2.75) is 19.0 Å². The molecule has 0 atom stereocenters. The average molecular weight is 483 g/mol. The maximum absolute atomic E-state index is 12.3. The molecule has 0 saturated heterocycles. The van der Waals surface area contributed by atoms with Crippen molar-refractivity contribution >= 4 is 46.2 Å². The maximum atomic E-state index is 12.3. The summed E-state index contributed by atoms with van der Waals surface area (Å²) in [6.45, 7) is 4.45. The van der Waals surface area contributed by atoms with E-state index in [1.165, 1.54) is 11.8 Å². The summed E-state index contributed by atoms with van der Waals surface area (Å²) in [5.41, 5.74) is 2.68. The third kappa shape index (κ3) is 5.37. The third-order valence-electron chi connectivity index (χ3n) is 4.80. The maximum Gasteiger partial charge on any atom is 0.321 e. The number of rotatable bonds is 7. The molecule has 3 N–H and O–H groups in total. The van der Waals surface area contributed by atoms with Crippen LogP contribution in [-0.4, -0.2) is 44.0 Å². The molecule has 4 rings (SSSR count). The molecule has 0 aliphatic rings. The van der Waals surface area contributed by atoms with Crippen molar-refractivity contribution in [2.24, 2.45) is 5.92 Å². The van der Waals surface area contributed by atoms with Gasteiger partial charge in [0.05, 0.1) is 5.75 Å². The van der Waals surface area contributed by atoms with Gasteiger partial charge in [-0.05, 0) is 36.2 Å². The Morgan fingerprint density at radius 2 is 1.88 bits per heavy atom. The van der Waals surface area contributed by atoms with Crippen LogP contribution in [0, 0.1) is 5.92 Å². The van der Waals surface area contributed by atoms with Crippen LogP contribution in [0.15, 0.2) is 59.9 Å². The summed E-state index contributed by atoms with van der Waals surface area (Å²) in [6, 6.07) is 14.7. The minimum Gasteiger partial charge on any atom is -0.360 e. The summed E-state index contributed by atoms with van der Waals surface area (Å²) < 4.78 is 1.88. The molecular weight excluding hydrogens is 460 g/mol. The van der Waals surface area contributed by atoms with Crippen LogP contribution in [0.1, 0.15) is 13.8 Å². The van der Waals surface area contributed by atoms with Gasteiger partial charge in [-0.15, -0.1) is 10.2 Å². The number of amides is 3. The number of hydrogen-bond acceptors (Lipinski definition) is 5. The van der Waals surface area contributed by atoms with E-state index in [0.717, 1.165) is 22.2 Å². The van der Waals surface area contributed by atoms with E-state index >= 15 is 0 Å². The van der Waals surface area contributed by atoms with E-state index < -0.39 is 11.9 Å². The molecule has 4 aromatic rings. The van der Waals surface area contributed by atoms with Crippen LogP contribution in [0.4, 0.5) is 4.79 Å². The predicted molar refractivity (Wildman–Crippen MR) is 131 cm³/mol. The van der Waals surface area contributed by atoms with E-state index in [1.54, 1.807) is 12.1 Å². The van der Waals surface area contributed by atoms with Gasteiger partial charge in [0.25, 0.3) is 0 Å². The summed E-state index contributed by atoms with van der Waals surface area (Å²) in [5, 5.41) is 15.9. The number of para-hydroxylation sites is 1. The van der Waals surface area contributed by atoms with E-state index in [2.05, 4.69) is 25.8 Å². The molecule has 2 aromatic heterocycles. The van der Waals surface area contributed by atoms with Crippen LogP contribution in [0.3, 0.4) is 0 Å². The highest BCUT2D eigenvalue weighted by atomic mass is 35.5. The number of H-pyrrole nitrogens is 1. The van der Waals surface area contributed by atoms with Crippen molar-refractivity contribution in [3.05, 3.63) is 59.8 Å². The zero-order chi connectivity index (χ0) is 23.4. The standard InChI is InChI=1S/C23H23ClN6O2S/c1-14(2)11-26-22(32)27-20(31)13-33-23-29-28-21(30(23)16-9-7-15(24)8-10-16)18-12-25-19-6-4-3-5-17(18)19/h3-10,12,14,25H,11,13H2,1-2H3,(H2,26,27,31,32). The summed E-state index contributed by atoms with van der Waals surface area (Å²) >= 11 is 7.28. The third-order valence-corrected chi connectivity index (χ3v) is 5.99. The SMILES string of the molecule is CC(C)CNC(=O)NC(=O)CSc1nnc(-c2c[nH]c3ccccc23)n1-c1ccc(Cl)cc1. The van der Waals surface area contributed by atoms with Crippen molar-refractivity contribution in [1.82, 2.24) is 30.4 Å². The van der Waals surface area contributed by atoms with Gasteiger partial charge in [0.1, 0.15) is 0 Å². The minimum atomic E-state index is -0.507. The first kappa shape index (κ1) is 22.9. The Balaban J connectivity index is 1.60. The van der Waals surface area contributed by atoms with Crippen molar-refractivity contribution in [1.29, 1.82) is 0 Å². The Kier molecular flexibility index (Phi) is 7.00. The van der Waals surface area contributed by atoms with E-state index in [0.29, 0.717) is 28.5 Å². The number of halogens is 1. The number of thioether (sulfide) groups is 1. The normalized spacial score (nSPS) is 11.2. The number of carbonyl (C=O) groups is 2. The van der Waals surface area contributed by atoms with E-state index in [-0.39, 0.29) is 5.75 Å². The molecule has 8 nitrogen and oxygen atoms in total. The van der Waals surface area contributed by atoms with Crippen LogP contribution in [0.5, 0.6) is 0 Å². The number of carbonyl (C=O) groups excluding carboxylic acids is 2. The molecule has 3 amide bonds. The summed E-state index contributed by atoms with van der Waals surface area (Å²) in [7, 11) is 0. The molecule has 0 saturated carbocycles. The Morgan fingerprint density at radius 3 is 2.64 bits per heavy atom. The van der Waals surface area contributed by atoms with E-state index in [4.69, 9.17) is 11.6 Å². The lowest BCUT2D eigenvalue weighted by Crippen LogP contribution is -2.41. The summed E-state index contributed by atoms with van der Waals surface area (Å²) in [6.07, 6.45) is 1.89. The smallest absolute Gasteiger partial charge is 0.321 e. The topological polar surface area (TPSA) is 105 Å². The minimum absolute atomic E-state index is 0.00864. The second kappa shape index (κ2) is 10.1. The van der Waals surface area contributed by atoms with Crippen molar-refractivity contribution in [3.63, 3.8) is 0 Å². The monoisotopic (exact) mass is 482 g/mol. The largest absolute Gasteiger partial charge is 0.360 e. The highest BCUT2D eigenvalue weighted by Gasteiger charge is 2.20. The number of imide groups is 1. The van der Waals surface area contributed by atoms with E-state index in [9.17, 15) is 9.59 Å². The predicted octanol–water partition coefficient (Wildman–Crippen LogP) is 4.64. The lowest BCUT2D eigenvalue weighted by Gasteiger charge is -2.11. The van der Waals surface area contributed by atoms with Crippen molar-refractivity contribution in [2.75, 3.05) is 12.3 Å².